The Labute approximate surface area is 125 Å². The third kappa shape index (κ3) is 3.70. The minimum Gasteiger partial charge on any atom is -0.497 e. The van der Waals surface area contributed by atoms with Crippen molar-refractivity contribution in [3.63, 3.8) is 0 Å². The summed E-state index contributed by atoms with van der Waals surface area (Å²) in [5.74, 6) is 2.06. The number of halogens is 1. The Morgan fingerprint density at radius 3 is 2.74 bits per heavy atom. The molecule has 19 heavy (non-hydrogen) atoms. The van der Waals surface area contributed by atoms with E-state index < -0.39 is 0 Å². The Morgan fingerprint density at radius 2 is 2.16 bits per heavy atom. The summed E-state index contributed by atoms with van der Waals surface area (Å²) in [5, 5.41) is 3.19. The van der Waals surface area contributed by atoms with E-state index in [-0.39, 0.29) is 0 Å². The van der Waals surface area contributed by atoms with Crippen LogP contribution in [0.15, 0.2) is 28.1 Å². The number of benzene rings is 1. The molecule has 0 unspecified atom stereocenters. The van der Waals surface area contributed by atoms with Crippen molar-refractivity contribution in [2.75, 3.05) is 7.11 Å². The van der Waals surface area contributed by atoms with Crippen LogP contribution in [0.3, 0.4) is 0 Å². The molecule has 0 N–H and O–H groups in total. The summed E-state index contributed by atoms with van der Waals surface area (Å²) in [5.41, 5.74) is 0.969. The molecule has 0 aliphatic carbocycles. The lowest BCUT2D eigenvalue weighted by atomic mass is 10.2. The molecule has 0 spiro atoms. The highest BCUT2D eigenvalue weighted by Crippen LogP contribution is 2.30. The third-order valence-corrected chi connectivity index (χ3v) is 4.39. The van der Waals surface area contributed by atoms with Crippen LogP contribution in [0.2, 0.25) is 0 Å². The molecule has 0 amide bonds. The number of methoxy groups -OCH3 is 1. The van der Waals surface area contributed by atoms with Crippen molar-refractivity contribution in [2.45, 2.75) is 26.4 Å². The lowest BCUT2D eigenvalue weighted by Gasteiger charge is -2.08. The molecule has 2 aromatic rings. The first-order valence-electron chi connectivity index (χ1n) is 6.00. The molecule has 1 aromatic carbocycles. The monoisotopic (exact) mass is 341 g/mol. The Hall–Kier alpha value is -1.07. The van der Waals surface area contributed by atoms with E-state index in [1.54, 1.807) is 18.4 Å². The molecular formula is C14H16BrNO2S. The molecule has 0 aliphatic rings. The number of rotatable bonds is 5. The molecule has 0 aliphatic heterocycles. The van der Waals surface area contributed by atoms with Crippen molar-refractivity contribution in [3.8, 4) is 11.5 Å². The first-order valence-corrected chi connectivity index (χ1v) is 7.68. The van der Waals surface area contributed by atoms with Gasteiger partial charge in [0.15, 0.2) is 0 Å². The second-order valence-corrected chi connectivity index (χ2v) is 6.16. The maximum absolute atomic E-state index is 5.76. The van der Waals surface area contributed by atoms with Gasteiger partial charge in [-0.05, 0) is 34.1 Å². The Kier molecular flexibility index (Phi) is 4.82. The zero-order chi connectivity index (χ0) is 13.8. The molecule has 3 nitrogen and oxygen atoms in total. The zero-order valence-electron chi connectivity index (χ0n) is 11.1. The van der Waals surface area contributed by atoms with Crippen LogP contribution >= 0.6 is 27.3 Å². The first kappa shape index (κ1) is 14.3. The average molecular weight is 342 g/mol. The van der Waals surface area contributed by atoms with Gasteiger partial charge in [0.2, 0.25) is 0 Å². The normalized spacial score (nSPS) is 10.8. The van der Waals surface area contributed by atoms with E-state index >= 15 is 0 Å². The van der Waals surface area contributed by atoms with Crippen LogP contribution in [0, 0.1) is 0 Å². The van der Waals surface area contributed by atoms with E-state index in [4.69, 9.17) is 9.47 Å². The van der Waals surface area contributed by atoms with Gasteiger partial charge >= 0.3 is 0 Å². The van der Waals surface area contributed by atoms with Gasteiger partial charge in [0.25, 0.3) is 0 Å². The highest BCUT2D eigenvalue weighted by Gasteiger charge is 2.08. The second-order valence-electron chi connectivity index (χ2n) is 4.42. The minimum atomic E-state index is 0.464. The molecule has 0 saturated carbocycles. The van der Waals surface area contributed by atoms with E-state index in [2.05, 4.69) is 34.8 Å². The summed E-state index contributed by atoms with van der Waals surface area (Å²) in [7, 11) is 1.64. The van der Waals surface area contributed by atoms with E-state index in [1.165, 1.54) is 0 Å². The fraction of sp³-hybridized carbons (Fsp3) is 0.357. The Bertz CT molecular complexity index is 554. The predicted octanol–water partition coefficient (Wildman–Crippen LogP) is 4.62. The SMILES string of the molecule is COc1ccc(OCc2csc(C(C)C)n2)c(Br)c1. The number of hydrogen-bond donors (Lipinski definition) is 0. The van der Waals surface area contributed by atoms with Gasteiger partial charge in [-0.1, -0.05) is 13.8 Å². The molecule has 0 atom stereocenters. The van der Waals surface area contributed by atoms with Crippen molar-refractivity contribution in [1.29, 1.82) is 0 Å². The summed E-state index contributed by atoms with van der Waals surface area (Å²) in [4.78, 5) is 4.54. The minimum absolute atomic E-state index is 0.464. The maximum Gasteiger partial charge on any atom is 0.134 e. The first-order chi connectivity index (χ1) is 9.10. The molecular weight excluding hydrogens is 326 g/mol. The molecule has 102 valence electrons. The summed E-state index contributed by atoms with van der Waals surface area (Å²) in [6, 6.07) is 5.65. The topological polar surface area (TPSA) is 31.4 Å². The predicted molar refractivity (Wildman–Crippen MR) is 81.2 cm³/mol. The molecule has 1 aromatic heterocycles. The quantitative estimate of drug-likeness (QED) is 0.795. The third-order valence-electron chi connectivity index (χ3n) is 2.58. The van der Waals surface area contributed by atoms with E-state index in [9.17, 15) is 0 Å². The summed E-state index contributed by atoms with van der Waals surface area (Å²) < 4.78 is 11.8. The zero-order valence-corrected chi connectivity index (χ0v) is 13.5. The number of hydrogen-bond acceptors (Lipinski definition) is 4. The molecule has 0 bridgehead atoms. The standard InChI is InChI=1S/C14H16BrNO2S/c1-9(2)14-16-10(8-19-14)7-18-13-5-4-11(17-3)6-12(13)15/h4-6,8-9H,7H2,1-3H3. The number of ether oxygens (including phenoxy) is 2. The summed E-state index contributed by atoms with van der Waals surface area (Å²) in [6.45, 7) is 4.77. The van der Waals surface area contributed by atoms with Crippen molar-refractivity contribution in [3.05, 3.63) is 38.8 Å². The van der Waals surface area contributed by atoms with Crippen LogP contribution in [-0.4, -0.2) is 12.1 Å². The largest absolute Gasteiger partial charge is 0.497 e. The number of aromatic nitrogens is 1. The van der Waals surface area contributed by atoms with Crippen LogP contribution in [0.4, 0.5) is 0 Å². The van der Waals surface area contributed by atoms with Gasteiger partial charge in [0.1, 0.15) is 18.1 Å². The van der Waals surface area contributed by atoms with E-state index in [1.807, 2.05) is 23.6 Å². The highest BCUT2D eigenvalue weighted by molar-refractivity contribution is 9.10. The van der Waals surface area contributed by atoms with Crippen molar-refractivity contribution in [2.24, 2.45) is 0 Å². The van der Waals surface area contributed by atoms with Crippen molar-refractivity contribution < 1.29 is 9.47 Å². The van der Waals surface area contributed by atoms with Gasteiger partial charge in [-0.25, -0.2) is 4.98 Å². The van der Waals surface area contributed by atoms with E-state index in [0.717, 1.165) is 26.7 Å². The van der Waals surface area contributed by atoms with Gasteiger partial charge in [-0.15, -0.1) is 11.3 Å². The molecule has 2 rings (SSSR count). The average Bonchev–Trinajstić information content (AvgIpc) is 2.86. The summed E-state index contributed by atoms with van der Waals surface area (Å²) >= 11 is 5.15. The van der Waals surface area contributed by atoms with Crippen LogP contribution in [0.5, 0.6) is 11.5 Å². The Morgan fingerprint density at radius 1 is 1.37 bits per heavy atom. The lowest BCUT2D eigenvalue weighted by Crippen LogP contribution is -1.97. The van der Waals surface area contributed by atoms with Gasteiger partial charge in [0.05, 0.1) is 22.3 Å². The fourth-order valence-electron chi connectivity index (χ4n) is 1.53. The van der Waals surface area contributed by atoms with E-state index in [0.29, 0.717) is 12.5 Å². The number of thiazole rings is 1. The second kappa shape index (κ2) is 6.39. The van der Waals surface area contributed by atoms with Crippen LogP contribution in [0.1, 0.15) is 30.5 Å². The molecule has 0 saturated heterocycles. The van der Waals surface area contributed by atoms with Crippen molar-refractivity contribution >= 4 is 27.3 Å². The van der Waals surface area contributed by atoms with Crippen LogP contribution in [0.25, 0.3) is 0 Å². The maximum atomic E-state index is 5.76. The van der Waals surface area contributed by atoms with Crippen molar-refractivity contribution in [1.82, 2.24) is 4.98 Å². The fourth-order valence-corrected chi connectivity index (χ4v) is 2.82. The molecule has 5 heteroatoms. The van der Waals surface area contributed by atoms with Crippen LogP contribution < -0.4 is 9.47 Å². The van der Waals surface area contributed by atoms with Gasteiger partial charge in [-0.3, -0.25) is 0 Å². The van der Waals surface area contributed by atoms with Gasteiger partial charge in [-0.2, -0.15) is 0 Å². The highest BCUT2D eigenvalue weighted by atomic mass is 79.9. The van der Waals surface area contributed by atoms with Crippen LogP contribution in [-0.2, 0) is 6.61 Å². The Balaban J connectivity index is 2.01. The number of nitrogens with zero attached hydrogens (tertiary/aromatic N) is 1. The van der Waals surface area contributed by atoms with Gasteiger partial charge < -0.3 is 9.47 Å². The molecule has 0 radical (unpaired) electrons. The summed E-state index contributed by atoms with van der Waals surface area (Å²) in [6.07, 6.45) is 0. The van der Waals surface area contributed by atoms with Gasteiger partial charge in [0, 0.05) is 11.3 Å². The molecule has 0 fully saturated rings. The smallest absolute Gasteiger partial charge is 0.134 e. The lowest BCUT2D eigenvalue weighted by molar-refractivity contribution is 0.299. The molecule has 1 heterocycles.